The first kappa shape index (κ1) is 37.8. The van der Waals surface area contributed by atoms with Crippen LogP contribution in [0.15, 0.2) is 89.1 Å². The maximum absolute atomic E-state index is 4.15. The predicted octanol–water partition coefficient (Wildman–Crippen LogP) is 11.2. The van der Waals surface area contributed by atoms with E-state index in [1.807, 2.05) is 30.3 Å². The van der Waals surface area contributed by atoms with E-state index in [0.717, 1.165) is 35.5 Å². The van der Waals surface area contributed by atoms with Gasteiger partial charge in [-0.25, -0.2) is 12.1 Å². The third-order valence-electron chi connectivity index (χ3n) is 16.4. The van der Waals surface area contributed by atoms with Crippen LogP contribution in [-0.4, -0.2) is 46.8 Å². The van der Waals surface area contributed by atoms with Crippen molar-refractivity contribution in [3.8, 4) is 0 Å². The summed E-state index contributed by atoms with van der Waals surface area (Å²) in [4.78, 5) is 0. The van der Waals surface area contributed by atoms with Crippen LogP contribution in [0.25, 0.3) is 0 Å². The fraction of sp³-hybridized carbons (Fsp3) is 0.667. The van der Waals surface area contributed by atoms with Crippen LogP contribution in [-0.2, 0) is 17.1 Å². The van der Waals surface area contributed by atoms with Crippen molar-refractivity contribution >= 4 is 17.2 Å². The maximum Gasteiger partial charge on any atom is 2.00 e. The molecule has 2 saturated heterocycles. The molecule has 0 radical (unpaired) electrons. The molecule has 5 heteroatoms. The quantitative estimate of drug-likeness (QED) is 0.163. The Hall–Kier alpha value is -0.781. The van der Waals surface area contributed by atoms with Gasteiger partial charge in [0, 0.05) is 17.2 Å². The van der Waals surface area contributed by atoms with Crippen LogP contribution in [0.2, 0.25) is 0 Å². The molecule has 13 rings (SSSR count). The second-order valence-electron chi connectivity index (χ2n) is 19.8. The summed E-state index contributed by atoms with van der Waals surface area (Å²) in [6.07, 6.45) is 45.6. The van der Waals surface area contributed by atoms with Crippen LogP contribution in [0.4, 0.5) is 0 Å². The first-order chi connectivity index (χ1) is 25.5. The Morgan fingerprint density at radius 3 is 1.60 bits per heavy atom. The molecule has 1 aromatic rings. The summed E-state index contributed by atoms with van der Waals surface area (Å²) < 4.78 is 0. The van der Waals surface area contributed by atoms with E-state index in [1.165, 1.54) is 68.9 Å². The number of allylic oxidation sites excluding steroid dienone is 9. The van der Waals surface area contributed by atoms with Crippen LogP contribution in [0.3, 0.4) is 0 Å². The molecule has 286 valence electrons. The SMILES string of the molecule is PC(C1=CC(=C2C=CC=C[CH-]2)C=C1CP(C12CC3CC(CC(C3)C1)C2)C12CC3CC(CC(C3)C1)C2)(C1CCCCN1)C1CCCCN1.[Fe+2].c1cc[cH-]c1. The second kappa shape index (κ2) is 15.5. The molecule has 10 aliphatic carbocycles. The minimum atomic E-state index is -0.0890. The summed E-state index contributed by atoms with van der Waals surface area (Å²) >= 11 is 0. The van der Waals surface area contributed by atoms with Gasteiger partial charge in [0.05, 0.1) is 0 Å². The van der Waals surface area contributed by atoms with Crippen LogP contribution in [0.5, 0.6) is 0 Å². The van der Waals surface area contributed by atoms with Crippen molar-refractivity contribution < 1.29 is 17.1 Å². The van der Waals surface area contributed by atoms with E-state index in [1.54, 1.807) is 88.2 Å². The zero-order valence-corrected chi connectivity index (χ0v) is 35.4. The van der Waals surface area contributed by atoms with Crippen LogP contribution in [0.1, 0.15) is 116 Å². The molecule has 53 heavy (non-hydrogen) atoms. The molecule has 3 atom stereocenters. The van der Waals surface area contributed by atoms with Crippen molar-refractivity contribution in [1.29, 1.82) is 0 Å². The van der Waals surface area contributed by atoms with Gasteiger partial charge in [-0.3, -0.25) is 0 Å². The van der Waals surface area contributed by atoms with Crippen molar-refractivity contribution in [2.75, 3.05) is 19.3 Å². The summed E-state index contributed by atoms with van der Waals surface area (Å²) in [5, 5.41) is 9.69. The van der Waals surface area contributed by atoms with E-state index in [9.17, 15) is 0 Å². The molecular formula is C48H66FeN2P2. The molecule has 2 N–H and O–H groups in total. The molecule has 0 spiro atoms. The van der Waals surface area contributed by atoms with Crippen molar-refractivity contribution in [1.82, 2.24) is 10.6 Å². The summed E-state index contributed by atoms with van der Waals surface area (Å²) in [7, 11) is 3.54. The summed E-state index contributed by atoms with van der Waals surface area (Å²) in [6, 6.07) is 11.1. The van der Waals surface area contributed by atoms with Gasteiger partial charge in [-0.15, -0.1) is 45.5 Å². The van der Waals surface area contributed by atoms with Gasteiger partial charge in [0.2, 0.25) is 0 Å². The minimum absolute atomic E-state index is 0. The third-order valence-corrected chi connectivity index (χ3v) is 21.5. The molecule has 10 fully saturated rings. The van der Waals surface area contributed by atoms with E-state index in [2.05, 4.69) is 62.8 Å². The zero-order chi connectivity index (χ0) is 34.8. The van der Waals surface area contributed by atoms with Gasteiger partial charge in [0.1, 0.15) is 0 Å². The monoisotopic (exact) mass is 788 g/mol. The Morgan fingerprint density at radius 1 is 0.698 bits per heavy atom. The average Bonchev–Trinajstić information content (AvgIpc) is 3.88. The van der Waals surface area contributed by atoms with Gasteiger partial charge in [0.25, 0.3) is 0 Å². The standard InChI is InChI=1S/C43H61N2P2.C5H5.Fe/c46-43(39-10-4-6-12-44-39,40-11-5-7-13-45-40)38-21-36(35-8-2-1-3-9-35)20-37(38)28-47(41-22-29-14-30(23-41)16-31(15-29)24-41)42-25-32-17-33(26-42)19-34(18-32)27-42;1-2-4-5-3-1;/h1-3,8-9,20-21,29-34,39-40,44-45H,4-7,10-19,22-28,46H2;1-5H;/q2*-1;+2. The smallest absolute Gasteiger partial charge is 0.313 e. The summed E-state index contributed by atoms with van der Waals surface area (Å²) in [5.74, 6) is 6.32. The first-order valence-corrected chi connectivity index (χ1v) is 24.1. The third kappa shape index (κ3) is 7.10. The molecule has 2 aliphatic heterocycles. The van der Waals surface area contributed by atoms with Crippen LogP contribution in [0, 0.1) is 41.9 Å². The molecule has 1 aromatic carbocycles. The maximum atomic E-state index is 4.15. The molecule has 8 bridgehead atoms. The Labute approximate surface area is 336 Å². The van der Waals surface area contributed by atoms with Crippen LogP contribution < -0.4 is 10.6 Å². The molecule has 2 nitrogen and oxygen atoms in total. The van der Waals surface area contributed by atoms with E-state index < -0.39 is 0 Å². The minimum Gasteiger partial charge on any atom is -0.313 e. The molecule has 2 heterocycles. The van der Waals surface area contributed by atoms with E-state index in [4.69, 9.17) is 0 Å². The molecule has 12 aliphatic rings. The molecule has 0 aromatic heterocycles. The number of nitrogens with one attached hydrogen (secondary N) is 2. The van der Waals surface area contributed by atoms with Crippen molar-refractivity contribution in [3.63, 3.8) is 0 Å². The average molecular weight is 789 g/mol. The predicted molar refractivity (Wildman–Crippen MR) is 225 cm³/mol. The van der Waals surface area contributed by atoms with Crippen LogP contribution >= 0.6 is 17.2 Å². The van der Waals surface area contributed by atoms with Gasteiger partial charge in [-0.1, -0.05) is 38.5 Å². The number of hydrogen-bond donors (Lipinski definition) is 2. The molecular weight excluding hydrogens is 722 g/mol. The normalized spacial score (nSPS) is 43.6. The zero-order valence-electron chi connectivity index (χ0n) is 32.3. The molecule has 8 saturated carbocycles. The van der Waals surface area contributed by atoms with E-state index in [0.29, 0.717) is 22.4 Å². The number of rotatable bonds is 7. The Kier molecular flexibility index (Phi) is 11.1. The molecule has 3 unspecified atom stereocenters. The Bertz CT molecular complexity index is 1450. The summed E-state index contributed by atoms with van der Waals surface area (Å²) in [5.41, 5.74) is 6.44. The number of hydrogen-bond acceptors (Lipinski definition) is 2. The van der Waals surface area contributed by atoms with E-state index in [-0.39, 0.29) is 30.1 Å². The van der Waals surface area contributed by atoms with Crippen molar-refractivity contribution in [2.45, 2.75) is 143 Å². The molecule has 0 amide bonds. The second-order valence-corrected chi connectivity index (χ2v) is 23.8. The summed E-state index contributed by atoms with van der Waals surface area (Å²) in [6.45, 7) is 2.37. The first-order valence-electron chi connectivity index (χ1n) is 22.0. The topological polar surface area (TPSA) is 24.1 Å². The number of piperidine rings is 2. The Morgan fingerprint density at radius 2 is 1.21 bits per heavy atom. The van der Waals surface area contributed by atoms with Gasteiger partial charge in [0.15, 0.2) is 0 Å². The van der Waals surface area contributed by atoms with Gasteiger partial charge < -0.3 is 10.6 Å². The largest absolute Gasteiger partial charge is 2.00 e. The van der Waals surface area contributed by atoms with Crippen molar-refractivity contribution in [2.24, 2.45) is 35.5 Å². The van der Waals surface area contributed by atoms with Crippen molar-refractivity contribution in [3.05, 3.63) is 95.5 Å². The van der Waals surface area contributed by atoms with Gasteiger partial charge >= 0.3 is 17.1 Å². The van der Waals surface area contributed by atoms with Gasteiger partial charge in [-0.05, 0) is 179 Å². The Balaban J connectivity index is 0.000000576. The fourth-order valence-electron chi connectivity index (χ4n) is 15.1. The fourth-order valence-corrected chi connectivity index (χ4v) is 21.1. The van der Waals surface area contributed by atoms with Gasteiger partial charge in [-0.2, -0.15) is 18.2 Å². The van der Waals surface area contributed by atoms with E-state index >= 15 is 0 Å².